The predicted octanol–water partition coefficient (Wildman–Crippen LogP) is 3.37. The molecule has 0 radical (unpaired) electrons. The Morgan fingerprint density at radius 2 is 1.20 bits per heavy atom. The summed E-state index contributed by atoms with van der Waals surface area (Å²) in [4.78, 5) is 0. The SMILES string of the molecule is Oc1ccc(C(=NNc2ccccc2)c2ccc(O)cc2O)c(O)c1. The number of hydrogen-bond acceptors (Lipinski definition) is 6. The molecule has 0 aliphatic carbocycles. The van der Waals surface area contributed by atoms with E-state index in [1.54, 1.807) is 0 Å². The Labute approximate surface area is 144 Å². The number of nitrogens with zero attached hydrogens (tertiary/aromatic N) is 1. The van der Waals surface area contributed by atoms with Crippen LogP contribution in [0.2, 0.25) is 0 Å². The standard InChI is InChI=1S/C19H16N2O4/c22-13-6-8-15(17(24)10-13)19(16-9-7-14(23)11-18(16)25)21-20-12-4-2-1-3-5-12/h1-11,20,22-25H. The monoisotopic (exact) mass is 336 g/mol. The van der Waals surface area contributed by atoms with Crippen LogP contribution >= 0.6 is 0 Å². The van der Waals surface area contributed by atoms with Gasteiger partial charge in [0.05, 0.1) is 5.69 Å². The first kappa shape index (κ1) is 16.2. The molecule has 0 saturated heterocycles. The Hall–Kier alpha value is -3.67. The van der Waals surface area contributed by atoms with Gasteiger partial charge in [-0.05, 0) is 36.4 Å². The van der Waals surface area contributed by atoms with Gasteiger partial charge in [0, 0.05) is 23.3 Å². The summed E-state index contributed by atoms with van der Waals surface area (Å²) in [5.74, 6) is -0.569. The molecule has 0 heterocycles. The molecular formula is C19H16N2O4. The molecule has 25 heavy (non-hydrogen) atoms. The van der Waals surface area contributed by atoms with Gasteiger partial charge in [-0.1, -0.05) is 18.2 Å². The molecule has 0 saturated carbocycles. The van der Waals surface area contributed by atoms with E-state index in [1.165, 1.54) is 36.4 Å². The van der Waals surface area contributed by atoms with E-state index in [0.29, 0.717) is 11.1 Å². The first-order valence-corrected chi connectivity index (χ1v) is 7.48. The molecule has 0 aliphatic rings. The normalized spacial score (nSPS) is 10.2. The maximum atomic E-state index is 10.2. The van der Waals surface area contributed by atoms with Gasteiger partial charge in [-0.15, -0.1) is 0 Å². The second kappa shape index (κ2) is 6.84. The molecule has 126 valence electrons. The van der Waals surface area contributed by atoms with Crippen LogP contribution in [0.25, 0.3) is 0 Å². The van der Waals surface area contributed by atoms with Crippen molar-refractivity contribution in [2.45, 2.75) is 0 Å². The average Bonchev–Trinajstić information content (AvgIpc) is 2.58. The van der Waals surface area contributed by atoms with E-state index in [4.69, 9.17) is 0 Å². The number of nitrogens with one attached hydrogen (secondary N) is 1. The second-order valence-corrected chi connectivity index (χ2v) is 5.34. The highest BCUT2D eigenvalue weighted by molar-refractivity contribution is 6.16. The molecule has 3 aromatic carbocycles. The zero-order valence-electron chi connectivity index (χ0n) is 13.1. The van der Waals surface area contributed by atoms with Crippen molar-refractivity contribution in [1.29, 1.82) is 0 Å². The topological polar surface area (TPSA) is 105 Å². The maximum absolute atomic E-state index is 10.2. The minimum atomic E-state index is -0.193. The van der Waals surface area contributed by atoms with Gasteiger partial charge in [0.15, 0.2) is 0 Å². The summed E-state index contributed by atoms with van der Waals surface area (Å²) in [5, 5.41) is 43.6. The van der Waals surface area contributed by atoms with E-state index in [-0.39, 0.29) is 28.7 Å². The molecule has 5 N–H and O–H groups in total. The highest BCUT2D eigenvalue weighted by Crippen LogP contribution is 2.30. The molecule has 0 atom stereocenters. The number of phenols is 4. The van der Waals surface area contributed by atoms with Crippen LogP contribution in [-0.4, -0.2) is 26.1 Å². The van der Waals surface area contributed by atoms with Crippen molar-refractivity contribution in [3.8, 4) is 23.0 Å². The molecule has 3 rings (SSSR count). The number of benzene rings is 3. The lowest BCUT2D eigenvalue weighted by atomic mass is 10.00. The highest BCUT2D eigenvalue weighted by Gasteiger charge is 2.16. The molecule has 0 aliphatic heterocycles. The summed E-state index contributed by atoms with van der Waals surface area (Å²) >= 11 is 0. The highest BCUT2D eigenvalue weighted by atomic mass is 16.3. The zero-order valence-corrected chi connectivity index (χ0v) is 13.1. The van der Waals surface area contributed by atoms with Crippen LogP contribution in [0, 0.1) is 0 Å². The van der Waals surface area contributed by atoms with Gasteiger partial charge >= 0.3 is 0 Å². The molecule has 0 spiro atoms. The van der Waals surface area contributed by atoms with Crippen LogP contribution in [0.1, 0.15) is 11.1 Å². The van der Waals surface area contributed by atoms with E-state index in [2.05, 4.69) is 10.5 Å². The van der Waals surface area contributed by atoms with Crippen LogP contribution in [0.3, 0.4) is 0 Å². The molecule has 6 nitrogen and oxygen atoms in total. The van der Waals surface area contributed by atoms with Crippen molar-refractivity contribution in [2.24, 2.45) is 5.10 Å². The number of hydrazone groups is 1. The van der Waals surface area contributed by atoms with Crippen LogP contribution < -0.4 is 5.43 Å². The van der Waals surface area contributed by atoms with Crippen molar-refractivity contribution >= 4 is 11.4 Å². The van der Waals surface area contributed by atoms with Gasteiger partial charge in [0.25, 0.3) is 0 Å². The minimum absolute atomic E-state index is 0.0912. The summed E-state index contributed by atoms with van der Waals surface area (Å²) < 4.78 is 0. The summed E-state index contributed by atoms with van der Waals surface area (Å²) in [6, 6.07) is 17.3. The van der Waals surface area contributed by atoms with Crippen molar-refractivity contribution < 1.29 is 20.4 Å². The zero-order chi connectivity index (χ0) is 17.8. The van der Waals surface area contributed by atoms with Crippen LogP contribution in [0.4, 0.5) is 5.69 Å². The van der Waals surface area contributed by atoms with Gasteiger partial charge in [0.2, 0.25) is 0 Å². The number of aromatic hydroxyl groups is 4. The van der Waals surface area contributed by atoms with E-state index in [0.717, 1.165) is 5.69 Å². The largest absolute Gasteiger partial charge is 0.508 e. The van der Waals surface area contributed by atoms with Gasteiger partial charge in [-0.3, -0.25) is 5.43 Å². The lowest BCUT2D eigenvalue weighted by Gasteiger charge is -2.12. The third-order valence-corrected chi connectivity index (χ3v) is 3.54. The van der Waals surface area contributed by atoms with Crippen molar-refractivity contribution in [1.82, 2.24) is 0 Å². The quantitative estimate of drug-likeness (QED) is 0.371. The van der Waals surface area contributed by atoms with Crippen molar-refractivity contribution in [2.75, 3.05) is 5.43 Å². The Balaban J connectivity index is 2.10. The molecule has 0 aromatic heterocycles. The predicted molar refractivity (Wildman–Crippen MR) is 95.2 cm³/mol. The smallest absolute Gasteiger partial charge is 0.128 e. The fourth-order valence-corrected chi connectivity index (χ4v) is 2.34. The third-order valence-electron chi connectivity index (χ3n) is 3.54. The number of rotatable bonds is 4. The maximum Gasteiger partial charge on any atom is 0.128 e. The molecule has 6 heteroatoms. The Morgan fingerprint density at radius 1 is 0.680 bits per heavy atom. The van der Waals surface area contributed by atoms with Crippen LogP contribution in [0.5, 0.6) is 23.0 Å². The molecule has 0 amide bonds. The van der Waals surface area contributed by atoms with Gasteiger partial charge < -0.3 is 20.4 Å². The van der Waals surface area contributed by atoms with Gasteiger partial charge in [-0.2, -0.15) is 5.10 Å². The Kier molecular flexibility index (Phi) is 4.43. The number of hydrogen-bond donors (Lipinski definition) is 5. The van der Waals surface area contributed by atoms with Crippen molar-refractivity contribution in [3.63, 3.8) is 0 Å². The number of anilines is 1. The molecule has 0 bridgehead atoms. The molecule has 0 fully saturated rings. The van der Waals surface area contributed by atoms with E-state index >= 15 is 0 Å². The Bertz CT molecular complexity index is 870. The van der Waals surface area contributed by atoms with Gasteiger partial charge in [-0.25, -0.2) is 0 Å². The molecular weight excluding hydrogens is 320 g/mol. The van der Waals surface area contributed by atoms with E-state index in [9.17, 15) is 20.4 Å². The van der Waals surface area contributed by atoms with E-state index in [1.807, 2.05) is 30.3 Å². The van der Waals surface area contributed by atoms with Crippen LogP contribution in [-0.2, 0) is 0 Å². The summed E-state index contributed by atoms with van der Waals surface area (Å²) in [6.07, 6.45) is 0. The third kappa shape index (κ3) is 3.64. The average molecular weight is 336 g/mol. The first-order valence-electron chi connectivity index (χ1n) is 7.48. The first-order chi connectivity index (χ1) is 12.0. The fourth-order valence-electron chi connectivity index (χ4n) is 2.34. The molecule has 0 unspecified atom stereocenters. The summed E-state index contributed by atoms with van der Waals surface area (Å²) in [7, 11) is 0. The van der Waals surface area contributed by atoms with Crippen molar-refractivity contribution in [3.05, 3.63) is 77.9 Å². The van der Waals surface area contributed by atoms with Gasteiger partial charge in [0.1, 0.15) is 28.7 Å². The van der Waals surface area contributed by atoms with E-state index < -0.39 is 0 Å². The van der Waals surface area contributed by atoms with Crippen LogP contribution in [0.15, 0.2) is 71.8 Å². The summed E-state index contributed by atoms with van der Waals surface area (Å²) in [5.41, 5.74) is 4.45. The number of phenolic OH excluding ortho intramolecular Hbond substituents is 4. The Morgan fingerprint density at radius 3 is 1.68 bits per heavy atom. The molecule has 3 aromatic rings. The summed E-state index contributed by atoms with van der Waals surface area (Å²) in [6.45, 7) is 0. The lowest BCUT2D eigenvalue weighted by molar-refractivity contribution is 0.449. The fraction of sp³-hybridized carbons (Fsp3) is 0. The number of para-hydroxylation sites is 1. The minimum Gasteiger partial charge on any atom is -0.508 e. The lowest BCUT2D eigenvalue weighted by Crippen LogP contribution is -2.07. The second-order valence-electron chi connectivity index (χ2n) is 5.34.